The van der Waals surface area contributed by atoms with Crippen LogP contribution in [0.15, 0.2) is 61.1 Å². The van der Waals surface area contributed by atoms with E-state index in [9.17, 15) is 4.79 Å². The molecule has 0 saturated heterocycles. The molecule has 0 amide bonds. The van der Waals surface area contributed by atoms with Crippen LogP contribution in [0.3, 0.4) is 0 Å². The van der Waals surface area contributed by atoms with Crippen molar-refractivity contribution >= 4 is 33.5 Å². The number of aromatic nitrogens is 4. The first-order valence-electron chi connectivity index (χ1n) is 12.1. The van der Waals surface area contributed by atoms with Gasteiger partial charge in [0, 0.05) is 62.9 Å². The van der Waals surface area contributed by atoms with Crippen LogP contribution < -0.4 is 5.73 Å². The number of nitrogens with zero attached hydrogens (tertiary/aromatic N) is 4. The summed E-state index contributed by atoms with van der Waals surface area (Å²) in [6, 6.07) is 19.9. The number of aryl methyl sites for hydroxylation is 1. The maximum Gasteiger partial charge on any atom is 0.146 e. The van der Waals surface area contributed by atoms with Gasteiger partial charge in [-0.2, -0.15) is 0 Å². The fourth-order valence-electron chi connectivity index (χ4n) is 5.27. The zero-order chi connectivity index (χ0) is 24.1. The number of benzene rings is 2. The summed E-state index contributed by atoms with van der Waals surface area (Å²) >= 11 is 0. The Kier molecular flexibility index (Phi) is 6.75. The smallest absolute Gasteiger partial charge is 0.146 e. The first-order chi connectivity index (χ1) is 17.0. The molecule has 36 heavy (non-hydrogen) atoms. The number of nitrogen functional groups attached to an aromatic ring is 1. The number of hydrogen-bond acceptors (Lipinski definition) is 5. The Morgan fingerprint density at radius 2 is 1.89 bits per heavy atom. The van der Waals surface area contributed by atoms with Gasteiger partial charge in [-0.1, -0.05) is 48.9 Å². The van der Waals surface area contributed by atoms with Gasteiger partial charge in [0.25, 0.3) is 0 Å². The topological polar surface area (TPSA) is 86.7 Å². The van der Waals surface area contributed by atoms with Gasteiger partial charge >= 0.3 is 0 Å². The van der Waals surface area contributed by atoms with E-state index in [0.29, 0.717) is 18.0 Å². The molecule has 0 aliphatic heterocycles. The predicted octanol–water partition coefficient (Wildman–Crippen LogP) is 5.93. The van der Waals surface area contributed by atoms with Gasteiger partial charge in [-0.05, 0) is 42.1 Å². The molecule has 1 radical (unpaired) electrons. The molecule has 1 saturated carbocycles. The van der Waals surface area contributed by atoms with Crippen LogP contribution in [0.4, 0.5) is 5.82 Å². The van der Waals surface area contributed by atoms with Crippen LogP contribution in [0.25, 0.3) is 44.3 Å². The number of fused-ring (bicyclic) bond motifs is 2. The van der Waals surface area contributed by atoms with E-state index in [1.807, 2.05) is 31.2 Å². The summed E-state index contributed by atoms with van der Waals surface area (Å²) in [5.74, 6) is 0.943. The van der Waals surface area contributed by atoms with Gasteiger partial charge in [0.15, 0.2) is 0 Å². The summed E-state index contributed by atoms with van der Waals surface area (Å²) in [7, 11) is 0. The average Bonchev–Trinajstić information content (AvgIpc) is 3.24. The van der Waals surface area contributed by atoms with Gasteiger partial charge in [0.2, 0.25) is 0 Å². The summed E-state index contributed by atoms with van der Waals surface area (Å²) in [4.78, 5) is 26.0. The van der Waals surface area contributed by atoms with E-state index in [0.717, 1.165) is 62.7 Å². The Hall–Kier alpha value is -2.96. The van der Waals surface area contributed by atoms with Gasteiger partial charge in [0.1, 0.15) is 23.6 Å². The van der Waals surface area contributed by atoms with Crippen LogP contribution in [0.2, 0.25) is 0 Å². The average molecular weight is 549 g/mol. The largest absolute Gasteiger partial charge is 0.383 e. The molecular weight excluding hydrogens is 523 g/mol. The SMILES string of the molecule is CCC(=O)C1CC(n2cc(-c3ccc4[c-]cc(-c5ccccc5)nc4c3C)c3c(N)ncnc32)C1.[Y]. The molecular formula is C29H26N5OY-. The molecule has 1 aliphatic rings. The minimum atomic E-state index is 0. The van der Waals surface area contributed by atoms with Crippen molar-refractivity contribution in [3.63, 3.8) is 0 Å². The predicted molar refractivity (Wildman–Crippen MR) is 139 cm³/mol. The third-order valence-corrected chi connectivity index (χ3v) is 7.34. The molecule has 0 spiro atoms. The Morgan fingerprint density at radius 1 is 1.11 bits per heavy atom. The molecule has 7 heteroatoms. The normalized spacial score (nSPS) is 17.1. The number of nitrogens with two attached hydrogens (primary N) is 1. The van der Waals surface area contributed by atoms with E-state index in [2.05, 4.69) is 58.0 Å². The molecule has 5 aromatic rings. The van der Waals surface area contributed by atoms with Crippen molar-refractivity contribution in [3.05, 3.63) is 72.7 Å². The number of ketones is 1. The standard InChI is InChI=1S/C29H26N5O.Y/c1-3-25(35)20-13-21(14-20)34-15-23(26-28(30)31-16-32-29(26)34)22-11-9-19-10-12-24(33-27(19)17(22)2)18-7-5-4-6-8-18;/h4-9,11-12,15-16,20-21H,3,13-14H2,1-2H3,(H2,30,31,32);/q-1;. The van der Waals surface area contributed by atoms with Crippen molar-refractivity contribution in [3.8, 4) is 22.4 Å². The van der Waals surface area contributed by atoms with Crippen LogP contribution in [0, 0.1) is 18.9 Å². The summed E-state index contributed by atoms with van der Waals surface area (Å²) in [6.45, 7) is 4.03. The number of carbonyl (C=O) groups excluding carboxylic acids is 1. The third kappa shape index (κ3) is 4.06. The zero-order valence-electron chi connectivity index (χ0n) is 20.4. The van der Waals surface area contributed by atoms with Crippen molar-refractivity contribution in [2.24, 2.45) is 5.92 Å². The van der Waals surface area contributed by atoms with Gasteiger partial charge in [-0.3, -0.25) is 4.79 Å². The molecule has 6 rings (SSSR count). The van der Waals surface area contributed by atoms with E-state index in [-0.39, 0.29) is 44.7 Å². The monoisotopic (exact) mass is 549 g/mol. The van der Waals surface area contributed by atoms with Gasteiger partial charge in [0.05, 0.1) is 5.39 Å². The van der Waals surface area contributed by atoms with E-state index in [1.165, 1.54) is 6.33 Å². The maximum absolute atomic E-state index is 12.1. The molecule has 3 heterocycles. The van der Waals surface area contributed by atoms with Crippen LogP contribution in [-0.4, -0.2) is 25.3 Å². The van der Waals surface area contributed by atoms with Crippen molar-refractivity contribution in [2.75, 3.05) is 5.73 Å². The number of Topliss-reactive ketones (excluding diaryl/α,β-unsaturated/α-hetero) is 1. The first-order valence-corrected chi connectivity index (χ1v) is 12.1. The number of rotatable bonds is 5. The van der Waals surface area contributed by atoms with E-state index in [4.69, 9.17) is 10.7 Å². The van der Waals surface area contributed by atoms with Crippen molar-refractivity contribution in [1.82, 2.24) is 19.5 Å². The molecule has 0 unspecified atom stereocenters. The number of pyridine rings is 1. The van der Waals surface area contributed by atoms with Crippen molar-refractivity contribution in [1.29, 1.82) is 0 Å². The second-order valence-corrected chi connectivity index (χ2v) is 9.34. The molecule has 177 valence electrons. The first kappa shape index (κ1) is 24.7. The maximum atomic E-state index is 12.1. The second kappa shape index (κ2) is 9.83. The summed E-state index contributed by atoms with van der Waals surface area (Å²) in [6.07, 6.45) is 5.92. The Morgan fingerprint density at radius 3 is 2.64 bits per heavy atom. The minimum Gasteiger partial charge on any atom is -0.383 e. The Bertz CT molecular complexity index is 1590. The molecule has 6 nitrogen and oxygen atoms in total. The molecule has 0 bridgehead atoms. The van der Waals surface area contributed by atoms with Crippen LogP contribution in [0.5, 0.6) is 0 Å². The number of hydrogen-bond donors (Lipinski definition) is 1. The summed E-state index contributed by atoms with van der Waals surface area (Å²) < 4.78 is 2.19. The molecule has 1 fully saturated rings. The van der Waals surface area contributed by atoms with Gasteiger partial charge in [-0.15, -0.1) is 23.6 Å². The second-order valence-electron chi connectivity index (χ2n) is 9.34. The number of carbonyl (C=O) groups is 1. The van der Waals surface area contributed by atoms with Crippen LogP contribution >= 0.6 is 0 Å². The molecule has 3 aromatic heterocycles. The number of anilines is 1. The van der Waals surface area contributed by atoms with E-state index in [1.54, 1.807) is 0 Å². The summed E-state index contributed by atoms with van der Waals surface area (Å²) in [5, 5.41) is 1.82. The Balaban J connectivity index is 0.00000267. The quantitative estimate of drug-likeness (QED) is 0.275. The zero-order valence-corrected chi connectivity index (χ0v) is 23.2. The minimum absolute atomic E-state index is 0. The van der Waals surface area contributed by atoms with Crippen LogP contribution in [0.1, 0.15) is 37.8 Å². The van der Waals surface area contributed by atoms with Gasteiger partial charge < -0.3 is 15.3 Å². The van der Waals surface area contributed by atoms with E-state index < -0.39 is 0 Å². The van der Waals surface area contributed by atoms with E-state index >= 15 is 0 Å². The molecule has 2 aromatic carbocycles. The molecule has 1 aliphatic carbocycles. The fraction of sp³-hybridized carbons (Fsp3) is 0.241. The van der Waals surface area contributed by atoms with Gasteiger partial charge in [-0.25, -0.2) is 9.97 Å². The van der Waals surface area contributed by atoms with Crippen molar-refractivity contribution < 1.29 is 37.5 Å². The fourth-order valence-corrected chi connectivity index (χ4v) is 5.27. The summed E-state index contributed by atoms with van der Waals surface area (Å²) in [5.41, 5.74) is 13.2. The van der Waals surface area contributed by atoms with Crippen molar-refractivity contribution in [2.45, 2.75) is 39.2 Å². The molecule has 2 N–H and O–H groups in total. The Labute approximate surface area is 235 Å². The third-order valence-electron chi connectivity index (χ3n) is 7.34. The molecule has 0 atom stereocenters. The van der Waals surface area contributed by atoms with Crippen LogP contribution in [-0.2, 0) is 37.5 Å².